The number of sulfonamides is 1. The molecule has 1 amide bonds. The number of nitrogens with zero attached hydrogens (tertiary/aromatic N) is 1. The molecule has 1 aliphatic heterocycles. The fourth-order valence-corrected chi connectivity index (χ4v) is 6.26. The van der Waals surface area contributed by atoms with Gasteiger partial charge in [-0.05, 0) is 49.1 Å². The van der Waals surface area contributed by atoms with Crippen LogP contribution < -0.4 is 5.32 Å². The average Bonchev–Trinajstić information content (AvgIpc) is 3.13. The lowest BCUT2D eigenvalue weighted by molar-refractivity contribution is -0.115. The van der Waals surface area contributed by atoms with Gasteiger partial charge in [0.25, 0.3) is 10.0 Å². The van der Waals surface area contributed by atoms with Crippen molar-refractivity contribution in [1.29, 1.82) is 0 Å². The van der Waals surface area contributed by atoms with Crippen LogP contribution in [-0.2, 0) is 27.7 Å². The highest BCUT2D eigenvalue weighted by atomic mass is 32.2. The van der Waals surface area contributed by atoms with Gasteiger partial charge in [-0.2, -0.15) is 4.31 Å². The molecular weight excluding hydrogens is 380 g/mol. The van der Waals surface area contributed by atoms with Gasteiger partial charge < -0.3 is 5.32 Å². The fraction of sp³-hybridized carbons (Fsp3) is 0.450. The van der Waals surface area contributed by atoms with Crippen LogP contribution in [0.4, 0.5) is 5.69 Å². The molecule has 1 aliphatic rings. The minimum atomic E-state index is -3.43. The van der Waals surface area contributed by atoms with Crippen molar-refractivity contribution in [2.45, 2.75) is 49.7 Å². The normalized spacial score (nSPS) is 15.6. The van der Waals surface area contributed by atoms with Crippen molar-refractivity contribution in [3.05, 3.63) is 46.8 Å². The topological polar surface area (TPSA) is 66.5 Å². The highest BCUT2D eigenvalue weighted by Gasteiger charge is 2.27. The van der Waals surface area contributed by atoms with Crippen molar-refractivity contribution in [2.75, 3.05) is 18.4 Å². The minimum Gasteiger partial charge on any atom is -0.326 e. The van der Waals surface area contributed by atoms with Crippen LogP contribution in [0.15, 0.2) is 40.6 Å². The van der Waals surface area contributed by atoms with Gasteiger partial charge in [0, 0.05) is 23.7 Å². The molecule has 5 nitrogen and oxygen atoms in total. The van der Waals surface area contributed by atoms with E-state index in [9.17, 15) is 13.2 Å². The Morgan fingerprint density at radius 2 is 1.78 bits per heavy atom. The van der Waals surface area contributed by atoms with Crippen LogP contribution in [-0.4, -0.2) is 31.7 Å². The Bertz CT molecular complexity index is 867. The molecule has 3 rings (SSSR count). The van der Waals surface area contributed by atoms with Crippen molar-refractivity contribution >= 4 is 33.0 Å². The number of anilines is 1. The predicted octanol–water partition coefficient (Wildman–Crippen LogP) is 4.06. The van der Waals surface area contributed by atoms with E-state index in [1.54, 1.807) is 16.4 Å². The summed E-state index contributed by atoms with van der Waals surface area (Å²) < 4.78 is 27.3. The van der Waals surface area contributed by atoms with Crippen LogP contribution >= 0.6 is 11.3 Å². The largest absolute Gasteiger partial charge is 0.326 e. The molecule has 1 saturated heterocycles. The van der Waals surface area contributed by atoms with E-state index >= 15 is 0 Å². The minimum absolute atomic E-state index is 0.137. The molecule has 0 spiro atoms. The summed E-state index contributed by atoms with van der Waals surface area (Å²) in [6.45, 7) is 3.31. The number of aryl methyl sites for hydroxylation is 1. The zero-order valence-electron chi connectivity index (χ0n) is 15.6. The van der Waals surface area contributed by atoms with E-state index in [0.717, 1.165) is 42.7 Å². The molecule has 0 aliphatic carbocycles. The molecule has 146 valence electrons. The molecule has 2 heterocycles. The number of hydrogen-bond acceptors (Lipinski definition) is 4. The monoisotopic (exact) mass is 406 g/mol. The molecule has 0 bridgehead atoms. The summed E-state index contributed by atoms with van der Waals surface area (Å²) >= 11 is 1.19. The first-order chi connectivity index (χ1) is 13.0. The van der Waals surface area contributed by atoms with Crippen molar-refractivity contribution in [3.8, 4) is 0 Å². The van der Waals surface area contributed by atoms with E-state index in [2.05, 4.69) is 12.2 Å². The molecule has 2 aromatic rings. The number of carbonyl (C=O) groups excluding carboxylic acids is 1. The Labute approximate surface area is 165 Å². The first kappa shape index (κ1) is 20.0. The molecule has 1 aromatic heterocycles. The maximum Gasteiger partial charge on any atom is 0.252 e. The highest BCUT2D eigenvalue weighted by Crippen LogP contribution is 2.27. The lowest BCUT2D eigenvalue weighted by Crippen LogP contribution is -2.35. The van der Waals surface area contributed by atoms with Gasteiger partial charge in [0.2, 0.25) is 5.91 Å². The highest BCUT2D eigenvalue weighted by molar-refractivity contribution is 7.91. The van der Waals surface area contributed by atoms with Crippen LogP contribution in [0.2, 0.25) is 0 Å². The third-order valence-electron chi connectivity index (χ3n) is 4.66. The van der Waals surface area contributed by atoms with Crippen molar-refractivity contribution in [3.63, 3.8) is 0 Å². The first-order valence-electron chi connectivity index (χ1n) is 9.46. The smallest absolute Gasteiger partial charge is 0.252 e. The second kappa shape index (κ2) is 8.99. The summed E-state index contributed by atoms with van der Waals surface area (Å²) in [4.78, 5) is 13.0. The van der Waals surface area contributed by atoms with Crippen LogP contribution in [0.3, 0.4) is 0 Å². The van der Waals surface area contributed by atoms with Crippen LogP contribution in [0, 0.1) is 0 Å². The summed E-state index contributed by atoms with van der Waals surface area (Å²) in [5, 5.41) is 2.88. The molecule has 0 unspecified atom stereocenters. The Balaban J connectivity index is 1.60. The fourth-order valence-electron chi connectivity index (χ4n) is 3.23. The molecule has 0 radical (unpaired) electrons. The molecule has 7 heteroatoms. The third-order valence-corrected chi connectivity index (χ3v) is 8.11. The van der Waals surface area contributed by atoms with Gasteiger partial charge in [-0.15, -0.1) is 11.3 Å². The van der Waals surface area contributed by atoms with E-state index in [-0.39, 0.29) is 12.3 Å². The molecule has 1 N–H and O–H groups in total. The van der Waals surface area contributed by atoms with Crippen molar-refractivity contribution < 1.29 is 13.2 Å². The predicted molar refractivity (Wildman–Crippen MR) is 110 cm³/mol. The number of amides is 1. The van der Waals surface area contributed by atoms with Gasteiger partial charge in [0.05, 0.1) is 6.42 Å². The van der Waals surface area contributed by atoms with E-state index in [0.29, 0.717) is 17.3 Å². The summed E-state index contributed by atoms with van der Waals surface area (Å²) in [7, 11) is -3.43. The van der Waals surface area contributed by atoms with Gasteiger partial charge in [-0.1, -0.05) is 31.9 Å². The molecule has 1 aromatic carbocycles. The second-order valence-corrected chi connectivity index (χ2v) is 10.2. The molecule has 0 atom stereocenters. The van der Waals surface area contributed by atoms with E-state index in [1.165, 1.54) is 16.9 Å². The van der Waals surface area contributed by atoms with Gasteiger partial charge >= 0.3 is 0 Å². The number of rotatable bonds is 7. The number of hydrogen-bond donors (Lipinski definition) is 1. The van der Waals surface area contributed by atoms with E-state index in [4.69, 9.17) is 0 Å². The molecule has 0 saturated carbocycles. The van der Waals surface area contributed by atoms with Crippen LogP contribution in [0.1, 0.15) is 43.0 Å². The maximum atomic E-state index is 12.7. The number of nitrogens with one attached hydrogen (secondary N) is 1. The number of thiophene rings is 1. The summed E-state index contributed by atoms with van der Waals surface area (Å²) in [5.74, 6) is -0.137. The number of carbonyl (C=O) groups is 1. The Morgan fingerprint density at radius 1 is 1.07 bits per heavy atom. The summed E-state index contributed by atoms with van der Waals surface area (Å²) in [6, 6.07) is 11.2. The maximum absolute atomic E-state index is 12.7. The third kappa shape index (κ3) is 5.18. The van der Waals surface area contributed by atoms with Gasteiger partial charge in [-0.3, -0.25) is 4.79 Å². The van der Waals surface area contributed by atoms with Gasteiger partial charge in [0.15, 0.2) is 0 Å². The van der Waals surface area contributed by atoms with E-state index < -0.39 is 10.0 Å². The van der Waals surface area contributed by atoms with Crippen LogP contribution in [0.25, 0.3) is 0 Å². The Kier molecular flexibility index (Phi) is 6.68. The molecule has 27 heavy (non-hydrogen) atoms. The summed E-state index contributed by atoms with van der Waals surface area (Å²) in [5.41, 5.74) is 2.01. The number of benzene rings is 1. The molecular formula is C20H26N2O3S2. The lowest BCUT2D eigenvalue weighted by Gasteiger charge is -2.25. The van der Waals surface area contributed by atoms with Crippen molar-refractivity contribution in [2.24, 2.45) is 0 Å². The Hall–Kier alpha value is -1.70. The summed E-state index contributed by atoms with van der Waals surface area (Å²) in [6.07, 6.45) is 5.20. The molecule has 1 fully saturated rings. The first-order valence-corrected chi connectivity index (χ1v) is 11.7. The quantitative estimate of drug-likeness (QED) is 0.754. The van der Waals surface area contributed by atoms with Gasteiger partial charge in [0.1, 0.15) is 4.21 Å². The van der Waals surface area contributed by atoms with E-state index in [1.807, 2.05) is 24.3 Å². The van der Waals surface area contributed by atoms with Crippen LogP contribution in [0.5, 0.6) is 0 Å². The SMILES string of the molecule is CCCc1ccc(NC(=O)Cc2ccc(S(=O)(=O)N3CCCCC3)s2)cc1. The zero-order valence-corrected chi connectivity index (χ0v) is 17.2. The average molecular weight is 407 g/mol. The lowest BCUT2D eigenvalue weighted by atomic mass is 10.1. The van der Waals surface area contributed by atoms with Crippen molar-refractivity contribution in [1.82, 2.24) is 4.31 Å². The Morgan fingerprint density at radius 3 is 2.44 bits per heavy atom. The number of piperidine rings is 1. The zero-order chi connectivity index (χ0) is 19.3. The standard InChI is InChI=1S/C20H26N2O3S2/c1-2-6-16-7-9-17(10-8-16)21-19(23)15-18-11-12-20(26-18)27(24,25)22-13-4-3-5-14-22/h7-12H,2-6,13-15H2,1H3,(H,21,23). The van der Waals surface area contributed by atoms with Gasteiger partial charge in [-0.25, -0.2) is 8.42 Å². The second-order valence-electron chi connectivity index (χ2n) is 6.86.